The van der Waals surface area contributed by atoms with E-state index in [0.29, 0.717) is 5.92 Å². The van der Waals surface area contributed by atoms with E-state index in [1.165, 1.54) is 12.1 Å². The molecule has 1 aliphatic rings. The van der Waals surface area contributed by atoms with E-state index in [-0.39, 0.29) is 23.1 Å². The number of hydrogen-bond donors (Lipinski definition) is 1. The molecular weight excluding hydrogens is 262 g/mol. The molecule has 0 radical (unpaired) electrons. The second kappa shape index (κ2) is 5.90. The number of carboxylic acids is 1. The Morgan fingerprint density at radius 1 is 1.45 bits per heavy atom. The quantitative estimate of drug-likeness (QED) is 0.675. The average Bonchev–Trinajstić information content (AvgIpc) is 2.38. The van der Waals surface area contributed by atoms with Crippen LogP contribution in [0, 0.1) is 16.0 Å². The summed E-state index contributed by atoms with van der Waals surface area (Å²) in [5, 5.41) is 19.9. The normalized spacial score (nSPS) is 22.2. The highest BCUT2D eigenvalue weighted by atomic mass is 16.6. The summed E-state index contributed by atoms with van der Waals surface area (Å²) in [6, 6.07) is 3.75. The van der Waals surface area contributed by atoms with Crippen LogP contribution in [0.5, 0.6) is 5.75 Å². The summed E-state index contributed by atoms with van der Waals surface area (Å²) in [4.78, 5) is 21.3. The molecule has 2 unspecified atom stereocenters. The summed E-state index contributed by atoms with van der Waals surface area (Å²) in [6.07, 6.45) is 3.92. The molecular formula is C14H17NO5. The smallest absolute Gasteiger partial charge is 0.335 e. The lowest BCUT2D eigenvalue weighted by atomic mass is 9.89. The van der Waals surface area contributed by atoms with Crippen molar-refractivity contribution in [2.45, 2.75) is 38.7 Å². The van der Waals surface area contributed by atoms with Crippen LogP contribution in [0.15, 0.2) is 18.2 Å². The van der Waals surface area contributed by atoms with Crippen LogP contribution in [0.4, 0.5) is 5.69 Å². The van der Waals surface area contributed by atoms with Gasteiger partial charge in [0.25, 0.3) is 0 Å². The average molecular weight is 279 g/mol. The Morgan fingerprint density at radius 3 is 2.80 bits per heavy atom. The number of carbonyl (C=O) groups is 1. The van der Waals surface area contributed by atoms with Gasteiger partial charge in [-0.2, -0.15) is 0 Å². The molecule has 1 aliphatic carbocycles. The minimum absolute atomic E-state index is 0.0341. The Kier molecular flexibility index (Phi) is 4.22. The van der Waals surface area contributed by atoms with Crippen LogP contribution in [-0.4, -0.2) is 22.1 Å². The number of ether oxygens (including phenoxy) is 1. The van der Waals surface area contributed by atoms with E-state index in [9.17, 15) is 14.9 Å². The summed E-state index contributed by atoms with van der Waals surface area (Å²) in [5.74, 6) is -0.490. The highest BCUT2D eigenvalue weighted by Gasteiger charge is 2.24. The van der Waals surface area contributed by atoms with E-state index < -0.39 is 10.9 Å². The maximum atomic E-state index is 11.0. The van der Waals surface area contributed by atoms with Crippen molar-refractivity contribution in [1.82, 2.24) is 0 Å². The number of rotatable bonds is 4. The molecule has 0 amide bonds. The maximum Gasteiger partial charge on any atom is 0.335 e. The van der Waals surface area contributed by atoms with Crippen molar-refractivity contribution in [2.24, 2.45) is 5.92 Å². The van der Waals surface area contributed by atoms with Crippen LogP contribution in [0.2, 0.25) is 0 Å². The van der Waals surface area contributed by atoms with Crippen molar-refractivity contribution in [3.8, 4) is 5.75 Å². The third-order valence-corrected chi connectivity index (χ3v) is 3.58. The standard InChI is InChI=1S/C14H17NO5/c1-9-3-2-4-11(7-9)20-13-6-5-10(14(16)17)8-12(13)15(18)19/h5-6,8-9,11H,2-4,7H2,1H3,(H,16,17). The molecule has 6 heteroatoms. The molecule has 20 heavy (non-hydrogen) atoms. The highest BCUT2D eigenvalue weighted by molar-refractivity contribution is 5.88. The van der Waals surface area contributed by atoms with Gasteiger partial charge in [0.2, 0.25) is 0 Å². The third kappa shape index (κ3) is 3.26. The topological polar surface area (TPSA) is 89.7 Å². The zero-order valence-corrected chi connectivity index (χ0v) is 11.2. The lowest BCUT2D eigenvalue weighted by molar-refractivity contribution is -0.386. The fourth-order valence-electron chi connectivity index (χ4n) is 2.56. The van der Waals surface area contributed by atoms with Crippen LogP contribution in [0.3, 0.4) is 0 Å². The first-order valence-corrected chi connectivity index (χ1v) is 6.65. The second-order valence-electron chi connectivity index (χ2n) is 5.26. The van der Waals surface area contributed by atoms with Gasteiger partial charge in [-0.3, -0.25) is 10.1 Å². The molecule has 6 nitrogen and oxygen atoms in total. The van der Waals surface area contributed by atoms with Crippen molar-refractivity contribution in [2.75, 3.05) is 0 Å². The van der Waals surface area contributed by atoms with E-state index in [0.717, 1.165) is 31.7 Å². The summed E-state index contributed by atoms with van der Waals surface area (Å²) in [6.45, 7) is 2.14. The van der Waals surface area contributed by atoms with Crippen molar-refractivity contribution in [3.05, 3.63) is 33.9 Å². The fraction of sp³-hybridized carbons (Fsp3) is 0.500. The lowest BCUT2D eigenvalue weighted by Gasteiger charge is -2.27. The Balaban J connectivity index is 2.22. The van der Waals surface area contributed by atoms with Crippen LogP contribution >= 0.6 is 0 Å². The van der Waals surface area contributed by atoms with Gasteiger partial charge in [-0.25, -0.2) is 4.79 Å². The molecule has 2 rings (SSSR count). The predicted molar refractivity (Wildman–Crippen MR) is 72.1 cm³/mol. The molecule has 0 aliphatic heterocycles. The van der Waals surface area contributed by atoms with E-state index in [1.54, 1.807) is 0 Å². The number of nitro groups is 1. The first-order valence-electron chi connectivity index (χ1n) is 6.65. The summed E-state index contributed by atoms with van der Waals surface area (Å²) in [5.41, 5.74) is -0.399. The Hall–Kier alpha value is -2.11. The summed E-state index contributed by atoms with van der Waals surface area (Å²) < 4.78 is 5.72. The van der Waals surface area contributed by atoms with Gasteiger partial charge in [0, 0.05) is 6.07 Å². The maximum absolute atomic E-state index is 11.0. The first kappa shape index (κ1) is 14.3. The zero-order valence-electron chi connectivity index (χ0n) is 11.2. The SMILES string of the molecule is CC1CCCC(Oc2ccc(C(=O)O)cc2[N+](=O)[O-])C1. The number of hydrogen-bond acceptors (Lipinski definition) is 4. The van der Waals surface area contributed by atoms with Gasteiger partial charge in [-0.05, 0) is 37.3 Å². The Bertz CT molecular complexity index is 528. The molecule has 1 aromatic carbocycles. The van der Waals surface area contributed by atoms with E-state index in [4.69, 9.17) is 9.84 Å². The number of benzene rings is 1. The molecule has 0 aromatic heterocycles. The first-order chi connectivity index (χ1) is 9.47. The monoisotopic (exact) mass is 279 g/mol. The second-order valence-corrected chi connectivity index (χ2v) is 5.26. The van der Waals surface area contributed by atoms with Crippen molar-refractivity contribution >= 4 is 11.7 Å². The van der Waals surface area contributed by atoms with Gasteiger partial charge in [0.15, 0.2) is 5.75 Å². The Labute approximate surface area is 116 Å². The van der Waals surface area contributed by atoms with Gasteiger partial charge >= 0.3 is 11.7 Å². The van der Waals surface area contributed by atoms with Gasteiger partial charge in [-0.15, -0.1) is 0 Å². The van der Waals surface area contributed by atoms with Gasteiger partial charge in [0.1, 0.15) is 0 Å². The molecule has 0 spiro atoms. The van der Waals surface area contributed by atoms with Crippen LogP contribution in [0.25, 0.3) is 0 Å². The molecule has 1 N–H and O–H groups in total. The molecule has 0 saturated heterocycles. The van der Waals surface area contributed by atoms with Crippen molar-refractivity contribution in [3.63, 3.8) is 0 Å². The molecule has 1 fully saturated rings. The molecule has 0 bridgehead atoms. The van der Waals surface area contributed by atoms with Gasteiger partial charge in [-0.1, -0.05) is 13.3 Å². The molecule has 0 heterocycles. The van der Waals surface area contributed by atoms with Crippen molar-refractivity contribution in [1.29, 1.82) is 0 Å². The zero-order chi connectivity index (χ0) is 14.7. The van der Waals surface area contributed by atoms with Gasteiger partial charge in [0.05, 0.1) is 16.6 Å². The summed E-state index contributed by atoms with van der Waals surface area (Å²) in [7, 11) is 0. The predicted octanol–water partition coefficient (Wildman–Crippen LogP) is 3.25. The number of nitro benzene ring substituents is 1. The molecule has 1 saturated carbocycles. The largest absolute Gasteiger partial charge is 0.483 e. The van der Waals surface area contributed by atoms with Crippen LogP contribution in [0.1, 0.15) is 43.0 Å². The van der Waals surface area contributed by atoms with E-state index in [2.05, 4.69) is 6.92 Å². The Morgan fingerprint density at radius 2 is 2.20 bits per heavy atom. The summed E-state index contributed by atoms with van der Waals surface area (Å²) >= 11 is 0. The van der Waals surface area contributed by atoms with E-state index in [1.807, 2.05) is 0 Å². The molecule has 1 aromatic rings. The van der Waals surface area contributed by atoms with Crippen LogP contribution in [-0.2, 0) is 0 Å². The molecule has 2 atom stereocenters. The molecule has 108 valence electrons. The van der Waals surface area contributed by atoms with Crippen molar-refractivity contribution < 1.29 is 19.6 Å². The minimum atomic E-state index is -1.19. The minimum Gasteiger partial charge on any atom is -0.483 e. The van der Waals surface area contributed by atoms with Gasteiger partial charge < -0.3 is 9.84 Å². The number of carboxylic acid groups (broad SMARTS) is 1. The van der Waals surface area contributed by atoms with Crippen LogP contribution < -0.4 is 4.74 Å². The third-order valence-electron chi connectivity index (χ3n) is 3.58. The fourth-order valence-corrected chi connectivity index (χ4v) is 2.56. The number of nitrogens with zero attached hydrogens (tertiary/aromatic N) is 1. The van der Waals surface area contributed by atoms with E-state index >= 15 is 0 Å². The highest BCUT2D eigenvalue weighted by Crippen LogP contribution is 2.33. The lowest BCUT2D eigenvalue weighted by Crippen LogP contribution is -2.24. The number of aromatic carboxylic acids is 1.